The van der Waals surface area contributed by atoms with Gasteiger partial charge in [-0.15, -0.1) is 0 Å². The van der Waals surface area contributed by atoms with Gasteiger partial charge in [0, 0.05) is 28.9 Å². The number of aromatic amines is 1. The van der Waals surface area contributed by atoms with Crippen molar-refractivity contribution in [2.24, 2.45) is 5.92 Å². The van der Waals surface area contributed by atoms with E-state index in [9.17, 15) is 19.5 Å². The summed E-state index contributed by atoms with van der Waals surface area (Å²) < 4.78 is 6.12. The van der Waals surface area contributed by atoms with E-state index < -0.39 is 6.10 Å². The van der Waals surface area contributed by atoms with Crippen LogP contribution in [0.5, 0.6) is 5.75 Å². The van der Waals surface area contributed by atoms with Gasteiger partial charge < -0.3 is 25.5 Å². The maximum Gasteiger partial charge on any atom is 0.255 e. The number of hydrogen-bond acceptors (Lipinski definition) is 7. The molecule has 5 rings (SSSR count). The average Bonchev–Trinajstić information content (AvgIpc) is 3.67. The number of nitrogens with one attached hydrogen (secondary N) is 3. The first-order chi connectivity index (χ1) is 18.7. The molecule has 10 nitrogen and oxygen atoms in total. The van der Waals surface area contributed by atoms with Crippen LogP contribution in [0, 0.1) is 12.8 Å². The van der Waals surface area contributed by atoms with Gasteiger partial charge in [-0.2, -0.15) is 0 Å². The Kier molecular flexibility index (Phi) is 7.65. The zero-order valence-corrected chi connectivity index (χ0v) is 22.5. The molecule has 0 bridgehead atoms. The summed E-state index contributed by atoms with van der Waals surface area (Å²) in [5.74, 6) is 0.552. The number of rotatable bonds is 9. The summed E-state index contributed by atoms with van der Waals surface area (Å²) in [5.41, 5.74) is 4.06. The van der Waals surface area contributed by atoms with Gasteiger partial charge in [-0.1, -0.05) is 0 Å². The van der Waals surface area contributed by atoms with Gasteiger partial charge in [0.15, 0.2) is 5.78 Å². The first kappa shape index (κ1) is 26.8. The molecule has 0 spiro atoms. The molecule has 2 aliphatic carbocycles. The van der Waals surface area contributed by atoms with E-state index in [1.54, 1.807) is 12.1 Å². The van der Waals surface area contributed by atoms with Crippen LogP contribution in [0.4, 0.5) is 0 Å². The van der Waals surface area contributed by atoms with Crippen molar-refractivity contribution in [3.05, 3.63) is 41.3 Å². The Morgan fingerprint density at radius 2 is 1.77 bits per heavy atom. The van der Waals surface area contributed by atoms with E-state index in [-0.39, 0.29) is 29.7 Å². The molecule has 0 aliphatic heterocycles. The molecule has 1 unspecified atom stereocenters. The van der Waals surface area contributed by atoms with Crippen LogP contribution in [0.1, 0.15) is 78.8 Å². The highest BCUT2D eigenvalue weighted by Gasteiger charge is 2.28. The number of aliphatic hydroxyl groups excluding tert-OH is 1. The number of aromatic nitrogens is 3. The van der Waals surface area contributed by atoms with Crippen LogP contribution in [0.25, 0.3) is 22.3 Å². The molecule has 2 heterocycles. The summed E-state index contributed by atoms with van der Waals surface area (Å²) in [6.45, 7) is 5.42. The largest absolute Gasteiger partial charge is 0.493 e. The van der Waals surface area contributed by atoms with E-state index in [1.165, 1.54) is 20.2 Å². The predicted octanol–water partition coefficient (Wildman–Crippen LogP) is 3.46. The Hall–Kier alpha value is -3.79. The average molecular weight is 534 g/mol. The summed E-state index contributed by atoms with van der Waals surface area (Å²) in [5, 5.41) is 15.4. The van der Waals surface area contributed by atoms with Crippen LogP contribution in [0.15, 0.2) is 24.5 Å². The number of hydrogen-bond donors (Lipinski definition) is 4. The quantitative estimate of drug-likeness (QED) is 0.308. The van der Waals surface area contributed by atoms with Crippen molar-refractivity contribution < 1.29 is 24.2 Å². The van der Waals surface area contributed by atoms with E-state index in [0.29, 0.717) is 57.4 Å². The monoisotopic (exact) mass is 533 g/mol. The number of Topliss-reactive ketones (excluding diaryl/α,β-unsaturated/α-hetero) is 1. The van der Waals surface area contributed by atoms with Crippen molar-refractivity contribution >= 4 is 28.6 Å². The van der Waals surface area contributed by atoms with Crippen LogP contribution in [0.2, 0.25) is 0 Å². The molecule has 2 amide bonds. The smallest absolute Gasteiger partial charge is 0.255 e. The zero-order valence-electron chi connectivity index (χ0n) is 22.5. The summed E-state index contributed by atoms with van der Waals surface area (Å²) in [6.07, 6.45) is 5.59. The van der Waals surface area contributed by atoms with Crippen LogP contribution in [0.3, 0.4) is 0 Å². The second-order valence-corrected chi connectivity index (χ2v) is 10.8. The molecule has 39 heavy (non-hydrogen) atoms. The van der Waals surface area contributed by atoms with Crippen molar-refractivity contribution in [2.75, 3.05) is 6.61 Å². The van der Waals surface area contributed by atoms with E-state index in [2.05, 4.69) is 25.6 Å². The molecule has 0 radical (unpaired) electrons. The first-order valence-corrected chi connectivity index (χ1v) is 13.6. The number of fused-ring (bicyclic) bond motifs is 1. The van der Waals surface area contributed by atoms with Gasteiger partial charge in [-0.05, 0) is 83.4 Å². The molecule has 2 aliphatic rings. The lowest BCUT2D eigenvalue weighted by molar-refractivity contribution is -0.129. The van der Waals surface area contributed by atoms with Crippen molar-refractivity contribution in [1.29, 1.82) is 0 Å². The Labute approximate surface area is 227 Å². The van der Waals surface area contributed by atoms with Crippen molar-refractivity contribution in [3.63, 3.8) is 0 Å². The number of nitrogens with zero attached hydrogens (tertiary/aromatic N) is 2. The lowest BCUT2D eigenvalue weighted by Gasteiger charge is -2.30. The van der Waals surface area contributed by atoms with E-state index >= 15 is 0 Å². The second kappa shape index (κ2) is 11.1. The van der Waals surface area contributed by atoms with Crippen molar-refractivity contribution in [3.8, 4) is 17.0 Å². The molecule has 4 N–H and O–H groups in total. The molecule has 206 valence electrons. The molecule has 2 saturated carbocycles. The lowest BCUT2D eigenvalue weighted by Crippen LogP contribution is -2.46. The van der Waals surface area contributed by atoms with Crippen molar-refractivity contribution in [1.82, 2.24) is 25.6 Å². The summed E-state index contributed by atoms with van der Waals surface area (Å²) >= 11 is 0. The van der Waals surface area contributed by atoms with Gasteiger partial charge in [0.05, 0.1) is 17.7 Å². The molecule has 1 atom stereocenters. The van der Waals surface area contributed by atoms with Crippen molar-refractivity contribution in [2.45, 2.75) is 77.5 Å². The fourth-order valence-corrected chi connectivity index (χ4v) is 5.12. The summed E-state index contributed by atoms with van der Waals surface area (Å²) in [4.78, 5) is 49.7. The van der Waals surface area contributed by atoms with Gasteiger partial charge in [0.1, 0.15) is 29.4 Å². The summed E-state index contributed by atoms with van der Waals surface area (Å²) in [6, 6.07) is 5.32. The molecule has 1 aromatic carbocycles. The summed E-state index contributed by atoms with van der Waals surface area (Å²) in [7, 11) is 0. The number of ketones is 1. The third-order valence-corrected chi connectivity index (χ3v) is 7.60. The Bertz CT molecular complexity index is 1400. The normalized spacial score (nSPS) is 19.9. The maximum atomic E-state index is 13.4. The van der Waals surface area contributed by atoms with Crippen LogP contribution < -0.4 is 15.4 Å². The van der Waals surface area contributed by atoms with Gasteiger partial charge in [-0.25, -0.2) is 9.97 Å². The number of aliphatic hydroxyl groups is 1. The molecule has 0 saturated heterocycles. The van der Waals surface area contributed by atoms with Crippen LogP contribution >= 0.6 is 0 Å². The first-order valence-electron chi connectivity index (χ1n) is 13.6. The van der Waals surface area contributed by atoms with Crippen LogP contribution in [-0.4, -0.2) is 62.5 Å². The third-order valence-electron chi connectivity index (χ3n) is 7.60. The zero-order chi connectivity index (χ0) is 27.7. The number of amides is 2. The highest BCUT2D eigenvalue weighted by Crippen LogP contribution is 2.37. The van der Waals surface area contributed by atoms with Gasteiger partial charge >= 0.3 is 0 Å². The van der Waals surface area contributed by atoms with E-state index in [1.807, 2.05) is 13.0 Å². The Morgan fingerprint density at radius 3 is 2.41 bits per heavy atom. The molecule has 10 heteroatoms. The van der Waals surface area contributed by atoms with Crippen LogP contribution in [-0.2, 0) is 4.79 Å². The third kappa shape index (κ3) is 5.95. The molecule has 2 fully saturated rings. The van der Waals surface area contributed by atoms with E-state index in [0.717, 1.165) is 38.5 Å². The molecule has 3 aromatic rings. The number of benzene rings is 1. The minimum atomic E-state index is -1.04. The highest BCUT2D eigenvalue weighted by atomic mass is 16.5. The number of aryl methyl sites for hydroxylation is 1. The minimum Gasteiger partial charge on any atom is -0.493 e. The lowest BCUT2D eigenvalue weighted by atomic mass is 9.90. The minimum absolute atomic E-state index is 0.00697. The van der Waals surface area contributed by atoms with Gasteiger partial charge in [-0.3, -0.25) is 14.4 Å². The number of ether oxygens (including phenoxy) is 1. The van der Waals surface area contributed by atoms with Gasteiger partial charge in [0.2, 0.25) is 5.91 Å². The maximum absolute atomic E-state index is 13.4. The SMILES string of the molecule is CC(=O)c1ccc(OCC2CC2)c(-c2ncnc3c(C(=O)NC4CCC(NC(=O)C(C)O)CC4)c(C)[nH]c23)c1. The van der Waals surface area contributed by atoms with E-state index in [4.69, 9.17) is 4.74 Å². The Balaban J connectivity index is 1.38. The fourth-order valence-electron chi connectivity index (χ4n) is 5.12. The molecular formula is C29H35N5O5. The molecular weight excluding hydrogens is 498 g/mol. The second-order valence-electron chi connectivity index (χ2n) is 10.8. The molecule has 2 aromatic heterocycles. The fraction of sp³-hybridized carbons (Fsp3) is 0.483. The highest BCUT2D eigenvalue weighted by molar-refractivity contribution is 6.09. The number of carbonyl (C=O) groups is 3. The van der Waals surface area contributed by atoms with Gasteiger partial charge in [0.25, 0.3) is 5.91 Å². The number of H-pyrrole nitrogens is 1. The number of carbonyl (C=O) groups excluding carboxylic acids is 3. The topological polar surface area (TPSA) is 146 Å². The predicted molar refractivity (Wildman–Crippen MR) is 146 cm³/mol. The Morgan fingerprint density at radius 1 is 1.08 bits per heavy atom. The standard InChI is InChI=1S/C29H35N5O5/c1-15-24(29(38)34-21-9-7-20(8-10-21)33-28(37)17(3)36)26-27(32-15)25(30-14-31-26)22-12-19(16(2)35)6-11-23(22)39-13-18-4-5-18/h6,11-12,14,17-18,20-21,32,36H,4-5,7-10,13H2,1-3H3,(H,33,37)(H,34,38).